The zero-order chi connectivity index (χ0) is 13.9. The maximum atomic E-state index is 12.0. The molecule has 18 heavy (non-hydrogen) atoms. The molecule has 0 unspecified atom stereocenters. The molecule has 1 aliphatic heterocycles. The number of methoxy groups -OCH3 is 1. The van der Waals surface area contributed by atoms with Crippen LogP contribution in [0.1, 0.15) is 33.6 Å². The Labute approximate surface area is 107 Å². The third kappa shape index (κ3) is 3.60. The molecule has 1 aliphatic rings. The van der Waals surface area contributed by atoms with Crippen molar-refractivity contribution in [1.82, 2.24) is 4.90 Å². The first kappa shape index (κ1) is 14.8. The fourth-order valence-corrected chi connectivity index (χ4v) is 1.91. The van der Waals surface area contributed by atoms with Gasteiger partial charge in [0.1, 0.15) is 5.60 Å². The van der Waals surface area contributed by atoms with Crippen molar-refractivity contribution in [2.75, 3.05) is 13.7 Å². The molecule has 2 atom stereocenters. The molecule has 0 radical (unpaired) electrons. The Morgan fingerprint density at radius 2 is 1.94 bits per heavy atom. The first-order valence-corrected chi connectivity index (χ1v) is 6.02. The molecule has 0 saturated carbocycles. The molecule has 1 N–H and O–H groups in total. The van der Waals surface area contributed by atoms with E-state index in [1.165, 1.54) is 12.0 Å². The van der Waals surface area contributed by atoms with E-state index in [9.17, 15) is 14.7 Å². The van der Waals surface area contributed by atoms with E-state index in [1.807, 2.05) is 0 Å². The molecule has 6 heteroatoms. The van der Waals surface area contributed by atoms with Crippen LogP contribution in [0, 0.1) is 0 Å². The predicted octanol–water partition coefficient (Wildman–Crippen LogP) is 0.920. The highest BCUT2D eigenvalue weighted by molar-refractivity contribution is 5.82. The highest BCUT2D eigenvalue weighted by Crippen LogP contribution is 2.21. The zero-order valence-corrected chi connectivity index (χ0v) is 11.3. The molecule has 104 valence electrons. The highest BCUT2D eigenvalue weighted by Gasteiger charge is 2.41. The number of amides is 1. The van der Waals surface area contributed by atoms with Gasteiger partial charge in [0.05, 0.1) is 13.2 Å². The van der Waals surface area contributed by atoms with Crippen LogP contribution in [0.4, 0.5) is 4.79 Å². The van der Waals surface area contributed by atoms with Gasteiger partial charge in [-0.25, -0.2) is 9.59 Å². The van der Waals surface area contributed by atoms with Crippen molar-refractivity contribution in [3.05, 3.63) is 0 Å². The maximum Gasteiger partial charge on any atom is 0.411 e. The Morgan fingerprint density at radius 1 is 1.33 bits per heavy atom. The van der Waals surface area contributed by atoms with Crippen molar-refractivity contribution in [2.45, 2.75) is 51.4 Å². The molecule has 0 bridgehead atoms. The third-order valence-corrected chi connectivity index (χ3v) is 2.67. The highest BCUT2D eigenvalue weighted by atomic mass is 16.6. The Kier molecular flexibility index (Phi) is 4.56. The van der Waals surface area contributed by atoms with Crippen LogP contribution in [0.25, 0.3) is 0 Å². The Balaban J connectivity index is 2.82. The lowest BCUT2D eigenvalue weighted by Gasteiger charge is -2.37. The first-order chi connectivity index (χ1) is 8.26. The van der Waals surface area contributed by atoms with Crippen molar-refractivity contribution in [2.24, 2.45) is 0 Å². The van der Waals surface area contributed by atoms with E-state index >= 15 is 0 Å². The Morgan fingerprint density at radius 3 is 2.44 bits per heavy atom. The summed E-state index contributed by atoms with van der Waals surface area (Å²) >= 11 is 0. The molecular formula is C12H21NO5. The minimum atomic E-state index is -0.974. The molecular weight excluding hydrogens is 238 g/mol. The summed E-state index contributed by atoms with van der Waals surface area (Å²) in [7, 11) is 1.23. The summed E-state index contributed by atoms with van der Waals surface area (Å²) in [5.74, 6) is -0.618. The van der Waals surface area contributed by atoms with Gasteiger partial charge in [-0.05, 0) is 33.6 Å². The van der Waals surface area contributed by atoms with Gasteiger partial charge in [-0.15, -0.1) is 0 Å². The van der Waals surface area contributed by atoms with Crippen LogP contribution >= 0.6 is 0 Å². The lowest BCUT2D eigenvalue weighted by Crippen LogP contribution is -2.56. The van der Waals surface area contributed by atoms with Gasteiger partial charge in [-0.3, -0.25) is 4.90 Å². The SMILES string of the molecule is COC(=O)[C@@H]1[C@@H](O)CCCN1C(=O)OC(C)(C)C. The summed E-state index contributed by atoms with van der Waals surface area (Å²) in [6, 6.07) is -0.974. The fourth-order valence-electron chi connectivity index (χ4n) is 1.91. The van der Waals surface area contributed by atoms with Crippen LogP contribution in [-0.4, -0.2) is 53.5 Å². The fraction of sp³-hybridized carbons (Fsp3) is 0.833. The zero-order valence-electron chi connectivity index (χ0n) is 11.3. The summed E-state index contributed by atoms with van der Waals surface area (Å²) in [5, 5.41) is 9.84. The number of nitrogens with zero attached hydrogens (tertiary/aromatic N) is 1. The van der Waals surface area contributed by atoms with E-state index in [1.54, 1.807) is 20.8 Å². The van der Waals surface area contributed by atoms with Crippen molar-refractivity contribution >= 4 is 12.1 Å². The van der Waals surface area contributed by atoms with E-state index < -0.39 is 29.8 Å². The first-order valence-electron chi connectivity index (χ1n) is 6.02. The minimum Gasteiger partial charge on any atom is -0.467 e. The lowest BCUT2D eigenvalue weighted by molar-refractivity contribution is -0.153. The van der Waals surface area contributed by atoms with Gasteiger partial charge in [-0.2, -0.15) is 0 Å². The third-order valence-electron chi connectivity index (χ3n) is 2.67. The van der Waals surface area contributed by atoms with Gasteiger partial charge in [0, 0.05) is 6.54 Å². The minimum absolute atomic E-state index is 0.381. The summed E-state index contributed by atoms with van der Waals surface area (Å²) < 4.78 is 9.84. The molecule has 1 rings (SSSR count). The van der Waals surface area contributed by atoms with Crippen LogP contribution < -0.4 is 0 Å². The largest absolute Gasteiger partial charge is 0.467 e. The van der Waals surface area contributed by atoms with Gasteiger partial charge in [0.15, 0.2) is 6.04 Å². The van der Waals surface area contributed by atoms with Crippen LogP contribution in [0.2, 0.25) is 0 Å². The van der Waals surface area contributed by atoms with Crippen LogP contribution in [0.3, 0.4) is 0 Å². The topological polar surface area (TPSA) is 76.1 Å². The summed E-state index contributed by atoms with van der Waals surface area (Å²) in [5.41, 5.74) is -0.639. The number of hydrogen-bond donors (Lipinski definition) is 1. The quantitative estimate of drug-likeness (QED) is 0.709. The molecule has 6 nitrogen and oxygen atoms in total. The summed E-state index contributed by atoms with van der Waals surface area (Å²) in [4.78, 5) is 24.8. The van der Waals surface area contributed by atoms with Crippen LogP contribution in [0.15, 0.2) is 0 Å². The standard InChI is InChI=1S/C12H21NO5/c1-12(2,3)18-11(16)13-7-5-6-8(14)9(13)10(15)17-4/h8-9,14H,5-7H2,1-4H3/t8-,9-/m0/s1. The second-order valence-electron chi connectivity index (χ2n) is 5.35. The number of aliphatic hydroxyl groups excluding tert-OH is 1. The molecule has 0 aromatic rings. The average Bonchev–Trinajstić information content (AvgIpc) is 2.25. The average molecular weight is 259 g/mol. The number of ether oxygens (including phenoxy) is 2. The number of esters is 1. The molecule has 0 aromatic heterocycles. The van der Waals surface area contributed by atoms with Crippen molar-refractivity contribution in [1.29, 1.82) is 0 Å². The van der Waals surface area contributed by atoms with E-state index in [4.69, 9.17) is 4.74 Å². The monoisotopic (exact) mass is 259 g/mol. The molecule has 0 spiro atoms. The second-order valence-corrected chi connectivity index (χ2v) is 5.35. The maximum absolute atomic E-state index is 12.0. The van der Waals surface area contributed by atoms with E-state index in [0.717, 1.165) is 0 Å². The molecule has 1 amide bonds. The van der Waals surface area contributed by atoms with Gasteiger partial charge in [0.2, 0.25) is 0 Å². The number of carbonyl (C=O) groups excluding carboxylic acids is 2. The second kappa shape index (κ2) is 5.56. The van der Waals surface area contributed by atoms with E-state index in [-0.39, 0.29) is 0 Å². The molecule has 1 heterocycles. The normalized spacial score (nSPS) is 24.6. The number of rotatable bonds is 1. The number of piperidine rings is 1. The van der Waals surface area contributed by atoms with Crippen molar-refractivity contribution in [3.8, 4) is 0 Å². The lowest BCUT2D eigenvalue weighted by atomic mass is 9.99. The van der Waals surface area contributed by atoms with Gasteiger partial charge < -0.3 is 14.6 Å². The number of aliphatic hydroxyl groups is 1. The Hall–Kier alpha value is -1.30. The van der Waals surface area contributed by atoms with Crippen molar-refractivity contribution < 1.29 is 24.2 Å². The molecule has 1 saturated heterocycles. The van der Waals surface area contributed by atoms with Crippen LogP contribution in [0.5, 0.6) is 0 Å². The summed E-state index contributed by atoms with van der Waals surface area (Å²) in [6.45, 7) is 5.63. The smallest absolute Gasteiger partial charge is 0.411 e. The summed E-state index contributed by atoms with van der Waals surface area (Å²) in [6.07, 6.45) is -0.400. The Bertz CT molecular complexity index is 323. The van der Waals surface area contributed by atoms with Crippen molar-refractivity contribution in [3.63, 3.8) is 0 Å². The van der Waals surface area contributed by atoms with E-state index in [0.29, 0.717) is 19.4 Å². The molecule has 0 aromatic carbocycles. The van der Waals surface area contributed by atoms with E-state index in [2.05, 4.69) is 4.74 Å². The molecule has 1 fully saturated rings. The molecule has 0 aliphatic carbocycles. The number of carbonyl (C=O) groups is 2. The van der Waals surface area contributed by atoms with Gasteiger partial charge >= 0.3 is 12.1 Å². The van der Waals surface area contributed by atoms with Gasteiger partial charge in [-0.1, -0.05) is 0 Å². The number of hydrogen-bond acceptors (Lipinski definition) is 5. The van der Waals surface area contributed by atoms with Gasteiger partial charge in [0.25, 0.3) is 0 Å². The number of likely N-dealkylation sites (tertiary alicyclic amines) is 1. The predicted molar refractivity (Wildman–Crippen MR) is 64.0 cm³/mol. The van der Waals surface area contributed by atoms with Crippen LogP contribution in [-0.2, 0) is 14.3 Å².